The van der Waals surface area contributed by atoms with Crippen LogP contribution in [-0.2, 0) is 34.5 Å². The van der Waals surface area contributed by atoms with Crippen molar-refractivity contribution in [3.05, 3.63) is 0 Å². The summed E-state index contributed by atoms with van der Waals surface area (Å²) in [7, 11) is -9.78. The van der Waals surface area contributed by atoms with E-state index in [4.69, 9.17) is 4.55 Å². The van der Waals surface area contributed by atoms with Gasteiger partial charge in [-0.25, -0.2) is 12.8 Å². The maximum Gasteiger partial charge on any atom is 0.403 e. The molecule has 0 radical (unpaired) electrons. The third-order valence-corrected chi connectivity index (χ3v) is 7.89. The van der Waals surface area contributed by atoms with Crippen LogP contribution in [0.25, 0.3) is 0 Å². The summed E-state index contributed by atoms with van der Waals surface area (Å²) in [6, 6.07) is 0. The molecule has 4 aliphatic carbocycles. The van der Waals surface area contributed by atoms with Crippen molar-refractivity contribution < 1.29 is 48.9 Å². The van der Waals surface area contributed by atoms with Gasteiger partial charge in [-0.2, -0.15) is 17.2 Å². The molecule has 0 aromatic rings. The van der Waals surface area contributed by atoms with Gasteiger partial charge >= 0.3 is 21.3 Å². The molecule has 14 heteroatoms. The first-order valence-electron chi connectivity index (χ1n) is 9.23. The number of alkyl halides is 3. The van der Waals surface area contributed by atoms with Gasteiger partial charge in [0.1, 0.15) is 6.61 Å². The predicted molar refractivity (Wildman–Crippen MR) is 94.8 cm³/mol. The van der Waals surface area contributed by atoms with Crippen LogP contribution in [0.3, 0.4) is 0 Å². The number of rotatable bonds is 7. The maximum atomic E-state index is 13.6. The average Bonchev–Trinajstić information content (AvgIpc) is 2.56. The van der Waals surface area contributed by atoms with Crippen molar-refractivity contribution in [2.45, 2.75) is 43.5 Å². The summed E-state index contributed by atoms with van der Waals surface area (Å²) in [6.45, 7) is -1.55. The van der Waals surface area contributed by atoms with Gasteiger partial charge in [0.15, 0.2) is 0 Å². The second-order valence-electron chi connectivity index (χ2n) is 8.61. The van der Waals surface area contributed by atoms with Crippen LogP contribution in [0, 0.1) is 29.1 Å². The van der Waals surface area contributed by atoms with E-state index in [1.807, 2.05) is 4.72 Å². The van der Waals surface area contributed by atoms with E-state index in [9.17, 15) is 39.6 Å². The molecule has 4 bridgehead atoms. The van der Waals surface area contributed by atoms with Crippen molar-refractivity contribution in [2.75, 3.05) is 12.9 Å². The zero-order valence-electron chi connectivity index (χ0n) is 15.9. The normalized spacial score (nSPS) is 34.4. The molecule has 4 saturated carbocycles. The summed E-state index contributed by atoms with van der Waals surface area (Å²) in [5.74, 6) is -3.03. The van der Waals surface area contributed by atoms with Gasteiger partial charge in [-0.05, 0) is 49.9 Å². The summed E-state index contributed by atoms with van der Waals surface area (Å²) < 4.78 is 99.3. The van der Waals surface area contributed by atoms with Gasteiger partial charge in [-0.15, -0.1) is 0 Å². The van der Waals surface area contributed by atoms with Crippen molar-refractivity contribution >= 4 is 32.0 Å². The highest BCUT2D eigenvalue weighted by molar-refractivity contribution is 7.89. The van der Waals surface area contributed by atoms with Crippen molar-refractivity contribution in [1.82, 2.24) is 4.72 Å². The summed E-state index contributed by atoms with van der Waals surface area (Å²) in [6.07, 6.45) is -0.560. The Morgan fingerprint density at radius 1 is 1.17 bits per heavy atom. The second-order valence-corrected chi connectivity index (χ2v) is 11.9. The number of nitrogens with one attached hydrogen (secondary N) is 1. The highest BCUT2D eigenvalue weighted by Gasteiger charge is 2.61. The average molecular weight is 477 g/mol. The summed E-state index contributed by atoms with van der Waals surface area (Å²) >= 11 is 0. The van der Waals surface area contributed by atoms with Crippen molar-refractivity contribution in [2.24, 2.45) is 29.1 Å². The third kappa shape index (κ3) is 4.17. The van der Waals surface area contributed by atoms with Gasteiger partial charge in [-0.3, -0.25) is 18.9 Å². The minimum atomic E-state index is -6.02. The lowest BCUT2D eigenvalue weighted by atomic mass is 9.46. The van der Waals surface area contributed by atoms with E-state index in [1.165, 1.54) is 0 Å². The highest BCUT2D eigenvalue weighted by atomic mass is 32.2. The molecule has 0 aliphatic heterocycles. The molecule has 4 aliphatic rings. The molecule has 0 aromatic heterocycles. The molecule has 4 fully saturated rings. The van der Waals surface area contributed by atoms with Crippen LogP contribution in [0.5, 0.6) is 0 Å². The summed E-state index contributed by atoms with van der Waals surface area (Å²) in [5, 5.41) is -5.12. The molecule has 0 saturated heterocycles. The van der Waals surface area contributed by atoms with E-state index in [0.29, 0.717) is 19.3 Å². The number of carbonyl (C=O) groups is 2. The summed E-state index contributed by atoms with van der Waals surface area (Å²) in [4.78, 5) is 25.1. The van der Waals surface area contributed by atoms with Crippen molar-refractivity contribution in [3.8, 4) is 0 Å². The Labute approximate surface area is 171 Å². The summed E-state index contributed by atoms with van der Waals surface area (Å²) in [5.41, 5.74) is -0.947. The smallest absolute Gasteiger partial charge is 0.403 e. The Balaban J connectivity index is 1.69. The number of hydrogen-bond donors (Lipinski definition) is 2. The van der Waals surface area contributed by atoms with Crippen molar-refractivity contribution in [1.29, 1.82) is 0 Å². The lowest BCUT2D eigenvalue weighted by molar-refractivity contribution is -0.176. The quantitative estimate of drug-likeness (QED) is 0.406. The van der Waals surface area contributed by atoms with E-state index < -0.39 is 61.4 Å². The molecule has 3 unspecified atom stereocenters. The number of carbonyl (C=O) groups excluding carboxylic acids is 2. The van der Waals surface area contributed by atoms with Gasteiger partial charge in [-0.1, -0.05) is 0 Å². The third-order valence-electron chi connectivity index (χ3n) is 6.39. The molecule has 0 aromatic carbocycles. The van der Waals surface area contributed by atoms with E-state index in [0.717, 1.165) is 6.26 Å². The molecule has 172 valence electrons. The lowest BCUT2D eigenvalue weighted by Gasteiger charge is -2.58. The van der Waals surface area contributed by atoms with E-state index in [1.54, 1.807) is 0 Å². The maximum absolute atomic E-state index is 13.6. The standard InChI is InChI=1S/C16H22F3NO8S2/c1-29(23,24)20-14(22)15-4-8-2-9(5-15)12(10(3-8)6-15)13(21)28-7-11(17)16(18,19)30(25,26)27/h8-12H,2-7H2,1H3,(H,20,22)(H,25,26,27). The number of ether oxygens (including phenoxy) is 1. The Morgan fingerprint density at radius 2 is 1.70 bits per heavy atom. The highest BCUT2D eigenvalue weighted by Crippen LogP contribution is 2.62. The van der Waals surface area contributed by atoms with Gasteiger partial charge < -0.3 is 4.74 Å². The largest absolute Gasteiger partial charge is 0.462 e. The first-order valence-corrected chi connectivity index (χ1v) is 12.6. The fraction of sp³-hybridized carbons (Fsp3) is 0.875. The fourth-order valence-electron chi connectivity index (χ4n) is 5.47. The number of sulfonamides is 1. The first kappa shape index (κ1) is 23.3. The molecule has 0 heterocycles. The number of halogens is 3. The Morgan fingerprint density at radius 3 is 2.17 bits per heavy atom. The number of hydrogen-bond acceptors (Lipinski definition) is 7. The molecule has 0 spiro atoms. The predicted octanol–water partition coefficient (Wildman–Crippen LogP) is 0.867. The zero-order chi connectivity index (χ0) is 22.7. The Bertz CT molecular complexity index is 936. The monoisotopic (exact) mass is 477 g/mol. The zero-order valence-corrected chi connectivity index (χ0v) is 17.5. The minimum absolute atomic E-state index is 0.0923. The second kappa shape index (κ2) is 7.33. The SMILES string of the molecule is CS(=O)(=O)NC(=O)C12CC3CC(C1)C(C(=O)OCC(F)C(F)(F)S(=O)(=O)O)C(C3)C2. The molecule has 1 amide bonds. The number of amides is 1. The minimum Gasteiger partial charge on any atom is -0.462 e. The Hall–Kier alpha value is -1.41. The van der Waals surface area contributed by atoms with Crippen LogP contribution in [0.15, 0.2) is 0 Å². The topological polar surface area (TPSA) is 144 Å². The lowest BCUT2D eigenvalue weighted by Crippen LogP contribution is -2.58. The van der Waals surface area contributed by atoms with E-state index in [2.05, 4.69) is 4.74 Å². The van der Waals surface area contributed by atoms with Gasteiger partial charge in [0.25, 0.3) is 0 Å². The van der Waals surface area contributed by atoms with Crippen LogP contribution in [0.1, 0.15) is 32.1 Å². The molecule has 2 N–H and O–H groups in total. The van der Waals surface area contributed by atoms with Crippen LogP contribution >= 0.6 is 0 Å². The molecule has 30 heavy (non-hydrogen) atoms. The van der Waals surface area contributed by atoms with Crippen LogP contribution in [0.2, 0.25) is 0 Å². The van der Waals surface area contributed by atoms with Crippen molar-refractivity contribution in [3.63, 3.8) is 0 Å². The molecular formula is C16H22F3NO8S2. The van der Waals surface area contributed by atoms with E-state index in [-0.39, 0.29) is 30.6 Å². The first-order chi connectivity index (χ1) is 13.6. The van der Waals surface area contributed by atoms with Crippen LogP contribution < -0.4 is 4.72 Å². The molecule has 3 atom stereocenters. The Kier molecular flexibility index (Phi) is 5.68. The fourth-order valence-corrected chi connectivity index (χ4v) is 6.42. The number of esters is 1. The van der Waals surface area contributed by atoms with Crippen LogP contribution in [0.4, 0.5) is 13.2 Å². The van der Waals surface area contributed by atoms with E-state index >= 15 is 0 Å². The molecular weight excluding hydrogens is 455 g/mol. The van der Waals surface area contributed by atoms with Gasteiger partial charge in [0, 0.05) is 0 Å². The van der Waals surface area contributed by atoms with Gasteiger partial charge in [0.05, 0.1) is 17.6 Å². The van der Waals surface area contributed by atoms with Gasteiger partial charge in [0.2, 0.25) is 22.1 Å². The molecule has 9 nitrogen and oxygen atoms in total. The molecule has 4 rings (SSSR count). The van der Waals surface area contributed by atoms with Crippen LogP contribution in [-0.4, -0.2) is 57.6 Å².